The van der Waals surface area contributed by atoms with Crippen LogP contribution in [-0.2, 0) is 11.3 Å². The second-order valence-electron chi connectivity index (χ2n) is 5.08. The number of hydrogen-bond donors (Lipinski definition) is 2. The van der Waals surface area contributed by atoms with Gasteiger partial charge in [-0.3, -0.25) is 4.79 Å². The number of benzene rings is 1. The van der Waals surface area contributed by atoms with E-state index in [1.54, 1.807) is 6.07 Å². The summed E-state index contributed by atoms with van der Waals surface area (Å²) in [6.07, 6.45) is -2.52. The fourth-order valence-electron chi connectivity index (χ4n) is 2.40. The zero-order valence-electron chi connectivity index (χ0n) is 11.2. The number of aliphatic hydroxyl groups is 1. The zero-order valence-corrected chi connectivity index (χ0v) is 11.2. The number of alkyl halides is 3. The largest absolute Gasteiger partial charge is 0.573 e. The summed E-state index contributed by atoms with van der Waals surface area (Å²) in [4.78, 5) is 11.9. The van der Waals surface area contributed by atoms with Crippen LogP contribution in [0.2, 0.25) is 0 Å². The molecule has 0 saturated heterocycles. The summed E-state index contributed by atoms with van der Waals surface area (Å²) in [7, 11) is 0. The molecule has 1 amide bonds. The third-order valence-corrected chi connectivity index (χ3v) is 3.49. The van der Waals surface area contributed by atoms with E-state index in [0.29, 0.717) is 12.8 Å². The summed E-state index contributed by atoms with van der Waals surface area (Å²) in [5.74, 6) is -0.912. The fourth-order valence-corrected chi connectivity index (χ4v) is 2.40. The number of halogens is 3. The molecule has 1 fully saturated rings. The van der Waals surface area contributed by atoms with Crippen molar-refractivity contribution in [2.24, 2.45) is 0 Å². The van der Waals surface area contributed by atoms with Gasteiger partial charge in [-0.1, -0.05) is 18.2 Å². The summed E-state index contributed by atoms with van der Waals surface area (Å²) in [6.45, 7) is -0.132. The molecule has 0 aliphatic heterocycles. The first kappa shape index (κ1) is 15.6. The van der Waals surface area contributed by atoms with Crippen molar-refractivity contribution in [2.75, 3.05) is 0 Å². The Morgan fingerprint density at radius 2 is 1.90 bits per heavy atom. The molecule has 21 heavy (non-hydrogen) atoms. The van der Waals surface area contributed by atoms with Crippen molar-refractivity contribution < 1.29 is 27.8 Å². The van der Waals surface area contributed by atoms with Gasteiger partial charge in [-0.25, -0.2) is 0 Å². The summed E-state index contributed by atoms with van der Waals surface area (Å²) < 4.78 is 40.7. The van der Waals surface area contributed by atoms with Gasteiger partial charge in [0.05, 0.1) is 0 Å². The number of hydrogen-bond acceptors (Lipinski definition) is 3. The first-order valence-corrected chi connectivity index (χ1v) is 6.64. The van der Waals surface area contributed by atoms with Gasteiger partial charge in [-0.15, -0.1) is 13.2 Å². The van der Waals surface area contributed by atoms with E-state index in [9.17, 15) is 23.1 Å². The maximum Gasteiger partial charge on any atom is 0.573 e. The van der Waals surface area contributed by atoms with Gasteiger partial charge in [0.25, 0.3) is 5.91 Å². The lowest BCUT2D eigenvalue weighted by atomic mass is 10.0. The average molecular weight is 303 g/mol. The Balaban J connectivity index is 2.01. The van der Waals surface area contributed by atoms with Crippen LogP contribution in [0, 0.1) is 0 Å². The molecule has 4 nitrogen and oxygen atoms in total. The van der Waals surface area contributed by atoms with Crippen LogP contribution in [-0.4, -0.2) is 23.0 Å². The first-order valence-electron chi connectivity index (χ1n) is 6.64. The van der Waals surface area contributed by atoms with Gasteiger partial charge in [0.2, 0.25) is 0 Å². The van der Waals surface area contributed by atoms with Crippen molar-refractivity contribution in [3.8, 4) is 5.75 Å². The van der Waals surface area contributed by atoms with Gasteiger partial charge >= 0.3 is 6.36 Å². The van der Waals surface area contributed by atoms with Gasteiger partial charge in [0.15, 0.2) is 0 Å². The maximum absolute atomic E-state index is 12.3. The van der Waals surface area contributed by atoms with Crippen molar-refractivity contribution in [3.63, 3.8) is 0 Å². The number of para-hydroxylation sites is 1. The molecule has 0 atom stereocenters. The van der Waals surface area contributed by atoms with Crippen LogP contribution in [0.25, 0.3) is 0 Å². The van der Waals surface area contributed by atoms with E-state index in [-0.39, 0.29) is 17.9 Å². The smallest absolute Gasteiger partial charge is 0.405 e. The second-order valence-corrected chi connectivity index (χ2v) is 5.08. The number of carbonyl (C=O) groups is 1. The second kappa shape index (κ2) is 5.93. The molecule has 2 rings (SSSR count). The summed E-state index contributed by atoms with van der Waals surface area (Å²) in [5, 5.41) is 12.5. The van der Waals surface area contributed by atoms with Crippen LogP contribution in [0.4, 0.5) is 13.2 Å². The Labute approximate surface area is 119 Å². The minimum absolute atomic E-state index is 0.132. The first-order chi connectivity index (χ1) is 9.80. The van der Waals surface area contributed by atoms with E-state index in [4.69, 9.17) is 0 Å². The molecule has 0 bridgehead atoms. The highest BCUT2D eigenvalue weighted by Crippen LogP contribution is 2.30. The standard InChI is InChI=1S/C14H16F3NO3/c15-14(16,17)21-11-6-2-1-5-10(11)9-18-12(19)13(20)7-3-4-8-13/h1-2,5-6,20H,3-4,7-9H2,(H,18,19). The van der Waals surface area contributed by atoms with Crippen molar-refractivity contribution in [1.29, 1.82) is 0 Å². The Bertz CT molecular complexity index is 510. The SMILES string of the molecule is O=C(NCc1ccccc1OC(F)(F)F)C1(O)CCCC1. The molecule has 7 heteroatoms. The van der Waals surface area contributed by atoms with E-state index < -0.39 is 17.9 Å². The zero-order chi connectivity index (χ0) is 15.5. The van der Waals surface area contributed by atoms with Crippen LogP contribution in [0.15, 0.2) is 24.3 Å². The molecule has 0 unspecified atom stereocenters. The van der Waals surface area contributed by atoms with Crippen molar-refractivity contribution in [2.45, 2.75) is 44.2 Å². The van der Waals surface area contributed by atoms with Crippen LogP contribution < -0.4 is 10.1 Å². The Hall–Kier alpha value is -1.76. The Kier molecular flexibility index (Phi) is 4.41. The molecule has 1 aliphatic rings. The molecule has 1 aromatic carbocycles. The molecule has 0 heterocycles. The summed E-state index contributed by atoms with van der Waals surface area (Å²) in [6, 6.07) is 5.57. The topological polar surface area (TPSA) is 58.6 Å². The van der Waals surface area contributed by atoms with Gasteiger partial charge in [-0.05, 0) is 31.7 Å². The predicted molar refractivity (Wildman–Crippen MR) is 68.4 cm³/mol. The van der Waals surface area contributed by atoms with Crippen LogP contribution in [0.1, 0.15) is 31.2 Å². The Morgan fingerprint density at radius 3 is 2.52 bits per heavy atom. The molecule has 2 N–H and O–H groups in total. The van der Waals surface area contributed by atoms with Crippen LogP contribution in [0.5, 0.6) is 5.75 Å². The van der Waals surface area contributed by atoms with Gasteiger partial charge < -0.3 is 15.2 Å². The molecule has 1 saturated carbocycles. The quantitative estimate of drug-likeness (QED) is 0.898. The lowest BCUT2D eigenvalue weighted by Gasteiger charge is -2.21. The maximum atomic E-state index is 12.3. The van der Waals surface area contributed by atoms with Crippen LogP contribution >= 0.6 is 0 Å². The number of ether oxygens (including phenoxy) is 1. The lowest BCUT2D eigenvalue weighted by Crippen LogP contribution is -2.44. The van der Waals surface area contributed by atoms with Gasteiger partial charge in [0.1, 0.15) is 11.4 Å². The molecule has 116 valence electrons. The van der Waals surface area contributed by atoms with E-state index in [1.807, 2.05) is 0 Å². The van der Waals surface area contributed by atoms with Crippen molar-refractivity contribution in [1.82, 2.24) is 5.32 Å². The highest BCUT2D eigenvalue weighted by atomic mass is 19.4. The normalized spacial score (nSPS) is 17.5. The molecule has 0 spiro atoms. The minimum Gasteiger partial charge on any atom is -0.405 e. The third kappa shape index (κ3) is 4.10. The Morgan fingerprint density at radius 1 is 1.29 bits per heavy atom. The molecule has 0 aromatic heterocycles. The fraction of sp³-hybridized carbons (Fsp3) is 0.500. The predicted octanol–water partition coefficient (Wildman–Crippen LogP) is 2.51. The van der Waals surface area contributed by atoms with E-state index in [2.05, 4.69) is 10.1 Å². The number of rotatable bonds is 4. The van der Waals surface area contributed by atoms with Crippen molar-refractivity contribution in [3.05, 3.63) is 29.8 Å². The molecular weight excluding hydrogens is 287 g/mol. The number of carbonyl (C=O) groups excluding carboxylic acids is 1. The van der Waals surface area contributed by atoms with Gasteiger partial charge in [0, 0.05) is 12.1 Å². The highest BCUT2D eigenvalue weighted by Gasteiger charge is 2.38. The molecule has 1 aliphatic carbocycles. The molecular formula is C14H16F3NO3. The number of amides is 1. The van der Waals surface area contributed by atoms with E-state index in [0.717, 1.165) is 12.8 Å². The van der Waals surface area contributed by atoms with E-state index in [1.165, 1.54) is 18.2 Å². The lowest BCUT2D eigenvalue weighted by molar-refractivity contribution is -0.274. The van der Waals surface area contributed by atoms with Crippen molar-refractivity contribution >= 4 is 5.91 Å². The summed E-state index contributed by atoms with van der Waals surface area (Å²) >= 11 is 0. The van der Waals surface area contributed by atoms with Gasteiger partial charge in [-0.2, -0.15) is 0 Å². The van der Waals surface area contributed by atoms with E-state index >= 15 is 0 Å². The molecule has 0 radical (unpaired) electrons. The highest BCUT2D eigenvalue weighted by molar-refractivity contribution is 5.85. The molecule has 1 aromatic rings. The third-order valence-electron chi connectivity index (χ3n) is 3.49. The minimum atomic E-state index is -4.79. The van der Waals surface area contributed by atoms with Crippen LogP contribution in [0.3, 0.4) is 0 Å². The number of nitrogens with one attached hydrogen (secondary N) is 1. The average Bonchev–Trinajstić information content (AvgIpc) is 2.84. The monoisotopic (exact) mass is 303 g/mol. The summed E-state index contributed by atoms with van der Waals surface area (Å²) in [5.41, 5.74) is -1.20.